The van der Waals surface area contributed by atoms with Crippen molar-refractivity contribution in [2.24, 2.45) is 0 Å². The van der Waals surface area contributed by atoms with Crippen molar-refractivity contribution in [3.05, 3.63) is 17.5 Å². The molecule has 0 aliphatic carbocycles. The van der Waals surface area contributed by atoms with Gasteiger partial charge in [-0.05, 0) is 38.7 Å². The van der Waals surface area contributed by atoms with Crippen LogP contribution in [0, 0.1) is 0 Å². The Labute approximate surface area is 114 Å². The quantitative estimate of drug-likeness (QED) is 0.896. The van der Waals surface area contributed by atoms with Crippen LogP contribution in [-0.4, -0.2) is 44.9 Å². The second-order valence-electron chi connectivity index (χ2n) is 5.02. The van der Waals surface area contributed by atoms with Gasteiger partial charge in [0.2, 0.25) is 0 Å². The molecule has 5 nitrogen and oxygen atoms in total. The van der Waals surface area contributed by atoms with Crippen LogP contribution in [0.3, 0.4) is 0 Å². The van der Waals surface area contributed by atoms with Gasteiger partial charge in [-0.3, -0.25) is 9.48 Å². The lowest BCUT2D eigenvalue weighted by Gasteiger charge is -2.34. The van der Waals surface area contributed by atoms with E-state index < -0.39 is 0 Å². The maximum atomic E-state index is 12.6. The highest BCUT2D eigenvalue weighted by Gasteiger charge is 2.29. The predicted octanol–water partition coefficient (Wildman–Crippen LogP) is 1.45. The molecule has 2 rings (SSSR count). The zero-order valence-electron chi connectivity index (χ0n) is 11.8. The Kier molecular flexibility index (Phi) is 4.58. The number of piperidine rings is 1. The number of likely N-dealkylation sites (tertiary alicyclic amines) is 1. The van der Waals surface area contributed by atoms with E-state index in [0.29, 0.717) is 12.2 Å². The Balaban J connectivity index is 2.24. The maximum Gasteiger partial charge on any atom is 0.272 e. The van der Waals surface area contributed by atoms with Crippen LogP contribution in [0.1, 0.15) is 49.3 Å². The van der Waals surface area contributed by atoms with Crippen molar-refractivity contribution in [1.29, 1.82) is 0 Å². The van der Waals surface area contributed by atoms with Gasteiger partial charge in [-0.25, -0.2) is 0 Å². The molecule has 0 radical (unpaired) electrons. The van der Waals surface area contributed by atoms with Crippen molar-refractivity contribution < 1.29 is 9.90 Å². The largest absolute Gasteiger partial charge is 0.394 e. The fourth-order valence-electron chi connectivity index (χ4n) is 2.66. The predicted molar refractivity (Wildman–Crippen MR) is 73.0 cm³/mol. The molecule has 0 spiro atoms. The normalized spacial score (nSPS) is 19.7. The summed E-state index contributed by atoms with van der Waals surface area (Å²) in [5, 5.41) is 13.8. The van der Waals surface area contributed by atoms with E-state index in [1.165, 1.54) is 0 Å². The number of nitrogens with zero attached hydrogens (tertiary/aromatic N) is 3. The minimum Gasteiger partial charge on any atom is -0.394 e. The number of carbonyl (C=O) groups is 1. The molecule has 1 amide bonds. The summed E-state index contributed by atoms with van der Waals surface area (Å²) in [4.78, 5) is 14.4. The number of carbonyl (C=O) groups excluding carboxylic acids is 1. The lowest BCUT2D eigenvalue weighted by Crippen LogP contribution is -2.46. The third-order valence-corrected chi connectivity index (χ3v) is 3.81. The standard InChI is InChI=1S/C14H23N3O2/c1-3-11-9-13(17(4-2)15-11)14(19)16-8-6-5-7-12(16)10-18/h9,12,18H,3-8,10H2,1-2H3. The smallest absolute Gasteiger partial charge is 0.272 e. The molecule has 0 aromatic carbocycles. The molecule has 1 N–H and O–H groups in total. The van der Waals surface area contributed by atoms with Crippen LogP contribution in [-0.2, 0) is 13.0 Å². The average molecular weight is 265 g/mol. The Morgan fingerprint density at radius 3 is 2.89 bits per heavy atom. The summed E-state index contributed by atoms with van der Waals surface area (Å²) in [5.74, 6) is 0.00722. The van der Waals surface area contributed by atoms with Crippen LogP contribution in [0.4, 0.5) is 0 Å². The highest BCUT2D eigenvalue weighted by atomic mass is 16.3. The van der Waals surface area contributed by atoms with Gasteiger partial charge in [0.05, 0.1) is 18.3 Å². The van der Waals surface area contributed by atoms with Crippen LogP contribution in [0.25, 0.3) is 0 Å². The average Bonchev–Trinajstić information content (AvgIpc) is 2.89. The van der Waals surface area contributed by atoms with Gasteiger partial charge >= 0.3 is 0 Å². The SMILES string of the molecule is CCc1cc(C(=O)N2CCCCC2CO)n(CC)n1. The van der Waals surface area contributed by atoms with Gasteiger partial charge in [-0.15, -0.1) is 0 Å². The lowest BCUT2D eigenvalue weighted by molar-refractivity contribution is 0.0491. The molecule has 106 valence electrons. The first-order valence-corrected chi connectivity index (χ1v) is 7.19. The van der Waals surface area contributed by atoms with Crippen LogP contribution < -0.4 is 0 Å². The molecule has 2 heterocycles. The minimum atomic E-state index is -0.0356. The second-order valence-corrected chi connectivity index (χ2v) is 5.02. The number of aromatic nitrogens is 2. The number of hydrogen-bond acceptors (Lipinski definition) is 3. The van der Waals surface area contributed by atoms with Gasteiger partial charge in [-0.2, -0.15) is 5.10 Å². The van der Waals surface area contributed by atoms with Crippen molar-refractivity contribution in [3.63, 3.8) is 0 Å². The lowest BCUT2D eigenvalue weighted by atomic mass is 10.0. The van der Waals surface area contributed by atoms with E-state index in [-0.39, 0.29) is 18.6 Å². The summed E-state index contributed by atoms with van der Waals surface area (Å²) in [6.07, 6.45) is 3.82. The third-order valence-electron chi connectivity index (χ3n) is 3.81. The Bertz CT molecular complexity index is 442. The fraction of sp³-hybridized carbons (Fsp3) is 0.714. The molecule has 0 saturated carbocycles. The van der Waals surface area contributed by atoms with Gasteiger partial charge < -0.3 is 10.0 Å². The molecule has 19 heavy (non-hydrogen) atoms. The number of hydrogen-bond donors (Lipinski definition) is 1. The van der Waals surface area contributed by atoms with Gasteiger partial charge in [-0.1, -0.05) is 6.92 Å². The first-order valence-electron chi connectivity index (χ1n) is 7.19. The fourth-order valence-corrected chi connectivity index (χ4v) is 2.66. The molecule has 1 fully saturated rings. The van der Waals surface area contributed by atoms with Crippen LogP contribution >= 0.6 is 0 Å². The zero-order valence-corrected chi connectivity index (χ0v) is 11.8. The summed E-state index contributed by atoms with van der Waals surface area (Å²) in [7, 11) is 0. The Hall–Kier alpha value is -1.36. The van der Waals surface area contributed by atoms with Gasteiger partial charge in [0.25, 0.3) is 5.91 Å². The number of aryl methyl sites for hydroxylation is 2. The summed E-state index contributed by atoms with van der Waals surface area (Å²) in [5.41, 5.74) is 1.60. The van der Waals surface area contributed by atoms with E-state index in [9.17, 15) is 9.90 Å². The topological polar surface area (TPSA) is 58.4 Å². The van der Waals surface area contributed by atoms with Crippen molar-refractivity contribution in [3.8, 4) is 0 Å². The minimum absolute atomic E-state index is 0.00722. The van der Waals surface area contributed by atoms with Gasteiger partial charge in [0.1, 0.15) is 5.69 Å². The Morgan fingerprint density at radius 1 is 1.47 bits per heavy atom. The molecule has 1 saturated heterocycles. The highest BCUT2D eigenvalue weighted by Crippen LogP contribution is 2.20. The molecule has 1 atom stereocenters. The van der Waals surface area contributed by atoms with Gasteiger partial charge in [0, 0.05) is 13.1 Å². The highest BCUT2D eigenvalue weighted by molar-refractivity contribution is 5.93. The molecular weight excluding hydrogens is 242 g/mol. The summed E-state index contributed by atoms with van der Waals surface area (Å²) in [6.45, 7) is 5.50. The number of amides is 1. The van der Waals surface area contributed by atoms with Gasteiger partial charge in [0.15, 0.2) is 0 Å². The third kappa shape index (κ3) is 2.81. The monoisotopic (exact) mass is 265 g/mol. The van der Waals surface area contributed by atoms with E-state index in [4.69, 9.17) is 0 Å². The van der Waals surface area contributed by atoms with E-state index in [1.807, 2.05) is 24.8 Å². The molecule has 1 aromatic heterocycles. The molecular formula is C14H23N3O2. The number of aliphatic hydroxyl groups is 1. The molecule has 5 heteroatoms. The van der Waals surface area contributed by atoms with E-state index >= 15 is 0 Å². The maximum absolute atomic E-state index is 12.6. The summed E-state index contributed by atoms with van der Waals surface area (Å²) in [6, 6.07) is 1.85. The molecule has 1 unspecified atom stereocenters. The molecule has 1 aliphatic heterocycles. The second kappa shape index (κ2) is 6.19. The first kappa shape index (κ1) is 14.1. The van der Waals surface area contributed by atoms with Crippen molar-refractivity contribution >= 4 is 5.91 Å². The summed E-state index contributed by atoms with van der Waals surface area (Å²) < 4.78 is 1.77. The van der Waals surface area contributed by atoms with E-state index in [2.05, 4.69) is 5.10 Å². The van der Waals surface area contributed by atoms with Crippen LogP contribution in [0.15, 0.2) is 6.07 Å². The van der Waals surface area contributed by atoms with Crippen molar-refractivity contribution in [2.45, 2.75) is 52.1 Å². The Morgan fingerprint density at radius 2 is 2.26 bits per heavy atom. The van der Waals surface area contributed by atoms with E-state index in [0.717, 1.165) is 37.9 Å². The molecule has 1 aliphatic rings. The zero-order chi connectivity index (χ0) is 13.8. The van der Waals surface area contributed by atoms with Crippen molar-refractivity contribution in [2.75, 3.05) is 13.2 Å². The van der Waals surface area contributed by atoms with Crippen molar-refractivity contribution in [1.82, 2.24) is 14.7 Å². The first-order chi connectivity index (χ1) is 9.21. The summed E-state index contributed by atoms with van der Waals surface area (Å²) >= 11 is 0. The van der Waals surface area contributed by atoms with Crippen LogP contribution in [0.5, 0.6) is 0 Å². The number of aliphatic hydroxyl groups excluding tert-OH is 1. The van der Waals surface area contributed by atoms with E-state index in [1.54, 1.807) is 4.68 Å². The van der Waals surface area contributed by atoms with Crippen LogP contribution in [0.2, 0.25) is 0 Å². The number of rotatable bonds is 4. The molecule has 0 bridgehead atoms. The molecule has 1 aromatic rings.